The topological polar surface area (TPSA) is 34.1 Å². The Balaban J connectivity index is 2.07. The van der Waals surface area contributed by atoms with E-state index in [0.717, 1.165) is 12.2 Å². The van der Waals surface area contributed by atoms with Gasteiger partial charge < -0.3 is 10.1 Å². The van der Waals surface area contributed by atoms with Crippen LogP contribution in [-0.4, -0.2) is 12.1 Å². The highest BCUT2D eigenvalue weighted by atomic mass is 16.5. The number of nitrogens with one attached hydrogen (secondary N) is 1. The van der Waals surface area contributed by atoms with Crippen LogP contribution in [0.1, 0.15) is 11.1 Å². The molecule has 1 aromatic heterocycles. The molecule has 1 N–H and O–H groups in total. The minimum absolute atomic E-state index is 0.625. The zero-order chi connectivity index (χ0) is 12.1. The second-order valence-electron chi connectivity index (χ2n) is 3.90. The lowest BCUT2D eigenvalue weighted by atomic mass is 10.1. The van der Waals surface area contributed by atoms with E-state index in [-0.39, 0.29) is 0 Å². The Labute approximate surface area is 101 Å². The van der Waals surface area contributed by atoms with Gasteiger partial charge in [-0.3, -0.25) is 0 Å². The third kappa shape index (κ3) is 2.97. The minimum atomic E-state index is 0.625. The molecule has 0 spiro atoms. The van der Waals surface area contributed by atoms with E-state index < -0.39 is 0 Å². The van der Waals surface area contributed by atoms with Gasteiger partial charge in [0, 0.05) is 12.7 Å². The van der Waals surface area contributed by atoms with Crippen LogP contribution in [0.5, 0.6) is 5.88 Å². The van der Waals surface area contributed by atoms with Crippen molar-refractivity contribution in [2.24, 2.45) is 0 Å². The van der Waals surface area contributed by atoms with Gasteiger partial charge in [0.15, 0.2) is 0 Å². The molecule has 2 rings (SSSR count). The van der Waals surface area contributed by atoms with Gasteiger partial charge in [-0.05, 0) is 24.6 Å². The summed E-state index contributed by atoms with van der Waals surface area (Å²) < 4.78 is 5.18. The van der Waals surface area contributed by atoms with Crippen LogP contribution in [0.15, 0.2) is 42.6 Å². The molecule has 3 nitrogen and oxygen atoms in total. The Hall–Kier alpha value is -2.03. The van der Waals surface area contributed by atoms with Crippen molar-refractivity contribution in [3.05, 3.63) is 53.7 Å². The van der Waals surface area contributed by atoms with E-state index in [1.165, 1.54) is 11.1 Å². The van der Waals surface area contributed by atoms with E-state index >= 15 is 0 Å². The maximum Gasteiger partial charge on any atom is 0.237 e. The molecule has 0 aliphatic carbocycles. The normalized spacial score (nSPS) is 10.0. The number of aryl methyl sites for hydroxylation is 1. The lowest BCUT2D eigenvalue weighted by molar-refractivity contribution is 0.399. The van der Waals surface area contributed by atoms with Crippen molar-refractivity contribution in [2.75, 3.05) is 12.4 Å². The van der Waals surface area contributed by atoms with Crippen LogP contribution in [0.3, 0.4) is 0 Å². The van der Waals surface area contributed by atoms with Gasteiger partial charge in [-0.25, -0.2) is 4.98 Å². The molecule has 0 radical (unpaired) electrons. The summed E-state index contributed by atoms with van der Waals surface area (Å²) in [5.41, 5.74) is 3.43. The number of methoxy groups -OCH3 is 1. The Morgan fingerprint density at radius 1 is 1.24 bits per heavy atom. The smallest absolute Gasteiger partial charge is 0.237 e. The molecule has 1 aromatic carbocycles. The van der Waals surface area contributed by atoms with Gasteiger partial charge in [0.25, 0.3) is 0 Å². The summed E-state index contributed by atoms with van der Waals surface area (Å²) >= 11 is 0. The maximum atomic E-state index is 5.18. The van der Waals surface area contributed by atoms with Gasteiger partial charge in [0.1, 0.15) is 0 Å². The molecule has 0 saturated heterocycles. The highest BCUT2D eigenvalue weighted by Crippen LogP contribution is 2.20. The van der Waals surface area contributed by atoms with Gasteiger partial charge in [-0.15, -0.1) is 0 Å². The predicted octanol–water partition coefficient (Wildman–Crippen LogP) is 3.01. The molecule has 88 valence electrons. The number of nitrogens with zero attached hydrogens (tertiary/aromatic N) is 1. The summed E-state index contributed by atoms with van der Waals surface area (Å²) in [5, 5.41) is 3.32. The number of hydrogen-bond acceptors (Lipinski definition) is 3. The van der Waals surface area contributed by atoms with Crippen molar-refractivity contribution in [1.29, 1.82) is 0 Å². The Kier molecular flexibility index (Phi) is 3.60. The fourth-order valence-corrected chi connectivity index (χ4v) is 1.71. The highest BCUT2D eigenvalue weighted by molar-refractivity contribution is 5.52. The third-order valence-corrected chi connectivity index (χ3v) is 2.53. The van der Waals surface area contributed by atoms with E-state index in [1.54, 1.807) is 13.3 Å². The largest absolute Gasteiger partial charge is 0.480 e. The fourth-order valence-electron chi connectivity index (χ4n) is 1.71. The minimum Gasteiger partial charge on any atom is -0.480 e. The SMILES string of the molecule is COc1ncccc1NCc1cccc(C)c1. The van der Waals surface area contributed by atoms with E-state index in [9.17, 15) is 0 Å². The van der Waals surface area contributed by atoms with Crippen LogP contribution in [0.4, 0.5) is 5.69 Å². The van der Waals surface area contributed by atoms with Crippen molar-refractivity contribution < 1.29 is 4.74 Å². The molecule has 0 aliphatic heterocycles. The lowest BCUT2D eigenvalue weighted by Gasteiger charge is -2.10. The molecule has 0 aliphatic rings. The van der Waals surface area contributed by atoms with Crippen LogP contribution >= 0.6 is 0 Å². The second-order valence-corrected chi connectivity index (χ2v) is 3.90. The molecule has 1 heterocycles. The number of hydrogen-bond donors (Lipinski definition) is 1. The first-order valence-corrected chi connectivity index (χ1v) is 5.58. The third-order valence-electron chi connectivity index (χ3n) is 2.53. The van der Waals surface area contributed by atoms with E-state index in [2.05, 4.69) is 41.5 Å². The molecule has 0 unspecified atom stereocenters. The van der Waals surface area contributed by atoms with Gasteiger partial charge in [-0.1, -0.05) is 29.8 Å². The molecule has 0 saturated carbocycles. The van der Waals surface area contributed by atoms with Crippen molar-refractivity contribution in [2.45, 2.75) is 13.5 Å². The molecule has 0 atom stereocenters. The Bertz CT molecular complexity index is 497. The lowest BCUT2D eigenvalue weighted by Crippen LogP contribution is -2.02. The molecule has 0 fully saturated rings. The monoisotopic (exact) mass is 228 g/mol. The molecule has 0 bridgehead atoms. The molecule has 0 amide bonds. The molecular formula is C14H16N2O. The van der Waals surface area contributed by atoms with Crippen molar-refractivity contribution >= 4 is 5.69 Å². The van der Waals surface area contributed by atoms with Crippen molar-refractivity contribution in [3.8, 4) is 5.88 Å². The number of anilines is 1. The van der Waals surface area contributed by atoms with Crippen molar-refractivity contribution in [3.63, 3.8) is 0 Å². The summed E-state index contributed by atoms with van der Waals surface area (Å²) in [5.74, 6) is 0.625. The second kappa shape index (κ2) is 5.34. The highest BCUT2D eigenvalue weighted by Gasteiger charge is 2.02. The molecule has 3 heteroatoms. The van der Waals surface area contributed by atoms with Crippen LogP contribution in [0, 0.1) is 6.92 Å². The van der Waals surface area contributed by atoms with Crippen LogP contribution < -0.4 is 10.1 Å². The van der Waals surface area contributed by atoms with E-state index in [0.29, 0.717) is 5.88 Å². The number of ether oxygens (including phenoxy) is 1. The number of rotatable bonds is 4. The Morgan fingerprint density at radius 3 is 2.88 bits per heavy atom. The van der Waals surface area contributed by atoms with Gasteiger partial charge in [0.2, 0.25) is 5.88 Å². The first-order valence-electron chi connectivity index (χ1n) is 5.58. The Morgan fingerprint density at radius 2 is 2.12 bits per heavy atom. The first-order chi connectivity index (χ1) is 8.29. The molecule has 2 aromatic rings. The fraction of sp³-hybridized carbons (Fsp3) is 0.214. The van der Waals surface area contributed by atoms with Crippen molar-refractivity contribution in [1.82, 2.24) is 4.98 Å². The first kappa shape index (κ1) is 11.5. The summed E-state index contributed by atoms with van der Waals surface area (Å²) in [6, 6.07) is 12.3. The van der Waals surface area contributed by atoms with Crippen LogP contribution in [0.25, 0.3) is 0 Å². The molecule has 17 heavy (non-hydrogen) atoms. The summed E-state index contributed by atoms with van der Waals surface area (Å²) in [4.78, 5) is 4.14. The summed E-state index contributed by atoms with van der Waals surface area (Å²) in [7, 11) is 1.63. The van der Waals surface area contributed by atoms with Gasteiger partial charge >= 0.3 is 0 Å². The van der Waals surface area contributed by atoms with Crippen LogP contribution in [-0.2, 0) is 6.54 Å². The maximum absolute atomic E-state index is 5.18. The summed E-state index contributed by atoms with van der Waals surface area (Å²) in [6.07, 6.45) is 1.72. The summed E-state index contributed by atoms with van der Waals surface area (Å²) in [6.45, 7) is 2.86. The zero-order valence-electron chi connectivity index (χ0n) is 10.1. The zero-order valence-corrected chi connectivity index (χ0v) is 10.1. The predicted molar refractivity (Wildman–Crippen MR) is 69.3 cm³/mol. The van der Waals surface area contributed by atoms with E-state index in [1.807, 2.05) is 12.1 Å². The van der Waals surface area contributed by atoms with Gasteiger partial charge in [0.05, 0.1) is 12.8 Å². The average Bonchev–Trinajstić information content (AvgIpc) is 2.37. The van der Waals surface area contributed by atoms with Crippen LogP contribution in [0.2, 0.25) is 0 Å². The average molecular weight is 228 g/mol. The quantitative estimate of drug-likeness (QED) is 0.873. The number of benzene rings is 1. The number of pyridine rings is 1. The van der Waals surface area contributed by atoms with Gasteiger partial charge in [-0.2, -0.15) is 0 Å². The molecular weight excluding hydrogens is 212 g/mol. The standard InChI is InChI=1S/C14H16N2O/c1-11-5-3-6-12(9-11)10-16-13-7-4-8-15-14(13)17-2/h3-9,16H,10H2,1-2H3. The van der Waals surface area contributed by atoms with E-state index in [4.69, 9.17) is 4.74 Å². The number of aromatic nitrogens is 1.